The van der Waals surface area contributed by atoms with Gasteiger partial charge in [-0.3, -0.25) is 4.40 Å². The van der Waals surface area contributed by atoms with Crippen molar-refractivity contribution < 1.29 is 9.90 Å². The number of carboxylic acid groups (broad SMARTS) is 1. The Kier molecular flexibility index (Phi) is 2.51. The van der Waals surface area contributed by atoms with Gasteiger partial charge >= 0.3 is 5.97 Å². The third-order valence-corrected chi connectivity index (χ3v) is 4.27. The predicted octanol–water partition coefficient (Wildman–Crippen LogP) is 2.00. The molecule has 0 aromatic carbocycles. The molecule has 1 saturated heterocycles. The third-order valence-electron chi connectivity index (χ3n) is 2.89. The standard InChI is InChI=1S/C11H11N3O2S/c15-11(16)7-3-4-9-12-13-10(14(9)6-7)8-2-1-5-17-8/h3-4,6,8H,1-2,5H2,(H,15,16). The zero-order valence-electron chi connectivity index (χ0n) is 9.04. The number of rotatable bonds is 2. The molecular weight excluding hydrogens is 238 g/mol. The maximum Gasteiger partial charge on any atom is 0.337 e. The summed E-state index contributed by atoms with van der Waals surface area (Å²) >= 11 is 1.86. The zero-order chi connectivity index (χ0) is 11.8. The molecule has 0 radical (unpaired) electrons. The Labute approximate surface area is 102 Å². The van der Waals surface area contributed by atoms with Crippen LogP contribution in [-0.4, -0.2) is 31.4 Å². The SMILES string of the molecule is O=C(O)c1ccc2nnc(C3CCCS3)n2c1. The second kappa shape index (κ2) is 4.03. The lowest BCUT2D eigenvalue weighted by atomic mass is 10.2. The maximum atomic E-state index is 10.9. The van der Waals surface area contributed by atoms with Crippen molar-refractivity contribution in [3.05, 3.63) is 29.7 Å². The summed E-state index contributed by atoms with van der Waals surface area (Å²) in [5.74, 6) is 1.08. The van der Waals surface area contributed by atoms with Gasteiger partial charge < -0.3 is 5.11 Å². The van der Waals surface area contributed by atoms with E-state index < -0.39 is 5.97 Å². The van der Waals surface area contributed by atoms with E-state index in [-0.39, 0.29) is 5.56 Å². The minimum atomic E-state index is -0.925. The van der Waals surface area contributed by atoms with Crippen LogP contribution in [0.2, 0.25) is 0 Å². The third kappa shape index (κ3) is 1.78. The molecule has 1 fully saturated rings. The van der Waals surface area contributed by atoms with Gasteiger partial charge in [-0.25, -0.2) is 4.79 Å². The highest BCUT2D eigenvalue weighted by molar-refractivity contribution is 7.99. The van der Waals surface area contributed by atoms with E-state index in [2.05, 4.69) is 10.2 Å². The summed E-state index contributed by atoms with van der Waals surface area (Å²) in [5.41, 5.74) is 0.971. The summed E-state index contributed by atoms with van der Waals surface area (Å²) in [6, 6.07) is 3.25. The molecule has 0 bridgehead atoms. The molecule has 88 valence electrons. The summed E-state index contributed by atoms with van der Waals surface area (Å²) < 4.78 is 1.80. The van der Waals surface area contributed by atoms with Crippen molar-refractivity contribution in [2.75, 3.05) is 5.75 Å². The summed E-state index contributed by atoms with van der Waals surface area (Å²) in [4.78, 5) is 10.9. The van der Waals surface area contributed by atoms with Crippen molar-refractivity contribution in [1.29, 1.82) is 0 Å². The van der Waals surface area contributed by atoms with Crippen molar-refractivity contribution in [3.63, 3.8) is 0 Å². The predicted molar refractivity (Wildman–Crippen MR) is 64.4 cm³/mol. The second-order valence-corrected chi connectivity index (χ2v) is 5.32. The summed E-state index contributed by atoms with van der Waals surface area (Å²) in [7, 11) is 0. The van der Waals surface area contributed by atoms with Crippen LogP contribution in [0.15, 0.2) is 18.3 Å². The summed E-state index contributed by atoms with van der Waals surface area (Å²) in [6.45, 7) is 0. The van der Waals surface area contributed by atoms with Crippen molar-refractivity contribution >= 4 is 23.4 Å². The van der Waals surface area contributed by atoms with Gasteiger partial charge in [-0.15, -0.1) is 10.2 Å². The van der Waals surface area contributed by atoms with Gasteiger partial charge in [-0.1, -0.05) is 0 Å². The van der Waals surface area contributed by atoms with E-state index in [0.29, 0.717) is 10.9 Å². The number of carbonyl (C=O) groups is 1. The first-order valence-corrected chi connectivity index (χ1v) is 6.50. The van der Waals surface area contributed by atoms with Crippen molar-refractivity contribution in [3.8, 4) is 0 Å². The molecule has 6 heteroatoms. The molecule has 0 amide bonds. The summed E-state index contributed by atoms with van der Waals surface area (Å²) in [6.07, 6.45) is 3.87. The van der Waals surface area contributed by atoms with Gasteiger partial charge in [0.2, 0.25) is 0 Å². The number of hydrogen-bond acceptors (Lipinski definition) is 4. The van der Waals surface area contributed by atoms with Crippen LogP contribution in [0.5, 0.6) is 0 Å². The lowest BCUT2D eigenvalue weighted by Crippen LogP contribution is -2.02. The van der Waals surface area contributed by atoms with Crippen molar-refractivity contribution in [2.24, 2.45) is 0 Å². The number of hydrogen-bond donors (Lipinski definition) is 1. The van der Waals surface area contributed by atoms with E-state index in [1.807, 2.05) is 11.8 Å². The fourth-order valence-electron chi connectivity index (χ4n) is 2.04. The lowest BCUT2D eigenvalue weighted by Gasteiger charge is -2.06. The number of aromatic carboxylic acids is 1. The van der Waals surface area contributed by atoms with Crippen LogP contribution >= 0.6 is 11.8 Å². The Hall–Kier alpha value is -1.56. The number of aromatic nitrogens is 3. The average Bonchev–Trinajstić information content (AvgIpc) is 2.96. The number of fused-ring (bicyclic) bond motifs is 1. The molecule has 1 aliphatic heterocycles. The first kappa shape index (κ1) is 10.6. The minimum absolute atomic E-state index is 0.265. The maximum absolute atomic E-state index is 10.9. The molecule has 1 aliphatic rings. The molecule has 0 saturated carbocycles. The number of carboxylic acids is 1. The van der Waals surface area contributed by atoms with E-state index in [0.717, 1.165) is 18.0 Å². The average molecular weight is 249 g/mol. The van der Waals surface area contributed by atoms with Gasteiger partial charge in [-0.05, 0) is 30.7 Å². The Morgan fingerprint density at radius 1 is 1.47 bits per heavy atom. The molecule has 5 nitrogen and oxygen atoms in total. The van der Waals surface area contributed by atoms with Gasteiger partial charge in [0.05, 0.1) is 10.8 Å². The van der Waals surface area contributed by atoms with Crippen LogP contribution < -0.4 is 0 Å². The van der Waals surface area contributed by atoms with Crippen molar-refractivity contribution in [2.45, 2.75) is 18.1 Å². The highest BCUT2D eigenvalue weighted by Gasteiger charge is 2.23. The van der Waals surface area contributed by atoms with Gasteiger partial charge in [0.15, 0.2) is 11.5 Å². The fraction of sp³-hybridized carbons (Fsp3) is 0.364. The van der Waals surface area contributed by atoms with Crippen LogP contribution in [0.25, 0.3) is 5.65 Å². The molecule has 3 rings (SSSR count). The largest absolute Gasteiger partial charge is 0.478 e. The second-order valence-electron chi connectivity index (χ2n) is 4.01. The van der Waals surface area contributed by atoms with E-state index in [4.69, 9.17) is 5.11 Å². The highest BCUT2D eigenvalue weighted by Crippen LogP contribution is 2.38. The van der Waals surface area contributed by atoms with Crippen LogP contribution in [0.4, 0.5) is 0 Å². The zero-order valence-corrected chi connectivity index (χ0v) is 9.85. The van der Waals surface area contributed by atoms with E-state index in [1.165, 1.54) is 6.42 Å². The molecule has 0 spiro atoms. The molecule has 2 aromatic rings. The molecule has 3 heterocycles. The first-order chi connectivity index (χ1) is 8.25. The van der Waals surface area contributed by atoms with Gasteiger partial charge in [-0.2, -0.15) is 11.8 Å². The van der Waals surface area contributed by atoms with Crippen LogP contribution in [0.3, 0.4) is 0 Å². The lowest BCUT2D eigenvalue weighted by molar-refractivity contribution is 0.0696. The number of thioether (sulfide) groups is 1. The Morgan fingerprint density at radius 3 is 3.06 bits per heavy atom. The molecule has 1 N–H and O–H groups in total. The van der Waals surface area contributed by atoms with Crippen LogP contribution in [0.1, 0.15) is 34.3 Å². The number of nitrogens with zero attached hydrogens (tertiary/aromatic N) is 3. The molecule has 2 aromatic heterocycles. The summed E-state index contributed by atoms with van der Waals surface area (Å²) in [5, 5.41) is 17.6. The van der Waals surface area contributed by atoms with Crippen LogP contribution in [0, 0.1) is 0 Å². The topological polar surface area (TPSA) is 67.5 Å². The van der Waals surface area contributed by atoms with E-state index in [1.54, 1.807) is 22.7 Å². The van der Waals surface area contributed by atoms with E-state index in [9.17, 15) is 4.79 Å². The molecule has 1 atom stereocenters. The normalized spacial score (nSPS) is 19.9. The van der Waals surface area contributed by atoms with E-state index >= 15 is 0 Å². The Morgan fingerprint density at radius 2 is 2.35 bits per heavy atom. The monoisotopic (exact) mass is 249 g/mol. The van der Waals surface area contributed by atoms with Gasteiger partial charge in [0.25, 0.3) is 0 Å². The Balaban J connectivity index is 2.11. The highest BCUT2D eigenvalue weighted by atomic mass is 32.2. The smallest absolute Gasteiger partial charge is 0.337 e. The van der Waals surface area contributed by atoms with Crippen molar-refractivity contribution in [1.82, 2.24) is 14.6 Å². The minimum Gasteiger partial charge on any atom is -0.478 e. The molecule has 17 heavy (non-hydrogen) atoms. The van der Waals surface area contributed by atoms with Gasteiger partial charge in [0.1, 0.15) is 0 Å². The first-order valence-electron chi connectivity index (χ1n) is 5.45. The molecule has 0 aliphatic carbocycles. The number of pyridine rings is 1. The Bertz CT molecular complexity index is 575. The quantitative estimate of drug-likeness (QED) is 0.881. The van der Waals surface area contributed by atoms with Crippen LogP contribution in [-0.2, 0) is 0 Å². The fourth-order valence-corrected chi connectivity index (χ4v) is 3.30. The molecule has 1 unspecified atom stereocenters. The molecular formula is C11H11N3O2S. The van der Waals surface area contributed by atoms with Gasteiger partial charge in [0, 0.05) is 6.20 Å².